The van der Waals surface area contributed by atoms with Crippen LogP contribution in [0.25, 0.3) is 0 Å². The molecule has 20 heavy (non-hydrogen) atoms. The van der Waals surface area contributed by atoms with Gasteiger partial charge in [-0.2, -0.15) is 0 Å². The maximum absolute atomic E-state index is 12.1. The molecule has 0 spiro atoms. The first-order chi connectivity index (χ1) is 9.69. The number of amides is 1. The maximum Gasteiger partial charge on any atom is 0.224 e. The number of nitrogens with one attached hydrogen (secondary N) is 1. The first-order valence-corrected chi connectivity index (χ1v) is 6.98. The fraction of sp³-hybridized carbons (Fsp3) is 0.533. The summed E-state index contributed by atoms with van der Waals surface area (Å²) in [5, 5.41) is 2.99. The number of carbonyl (C=O) groups excluding carboxylic acids is 1. The van der Waals surface area contributed by atoms with Crippen LogP contribution in [0.4, 0.5) is 0 Å². The van der Waals surface area contributed by atoms with E-state index in [-0.39, 0.29) is 24.1 Å². The van der Waals surface area contributed by atoms with E-state index < -0.39 is 0 Å². The van der Waals surface area contributed by atoms with Crippen LogP contribution in [0.15, 0.2) is 24.3 Å². The molecule has 1 heterocycles. The molecule has 2 aliphatic rings. The molecule has 1 aliphatic heterocycles. The number of nitrogens with two attached hydrogens (primary N) is 1. The van der Waals surface area contributed by atoms with Gasteiger partial charge in [0.05, 0.1) is 25.7 Å². The summed E-state index contributed by atoms with van der Waals surface area (Å²) in [7, 11) is 1.62. The van der Waals surface area contributed by atoms with Crippen LogP contribution in [0.1, 0.15) is 12.0 Å². The Morgan fingerprint density at radius 3 is 3.20 bits per heavy atom. The smallest absolute Gasteiger partial charge is 0.224 e. The molecule has 1 saturated heterocycles. The van der Waals surface area contributed by atoms with Crippen molar-refractivity contribution in [3.05, 3.63) is 29.8 Å². The zero-order chi connectivity index (χ0) is 14.1. The number of hydrogen-bond acceptors (Lipinski definition) is 4. The highest BCUT2D eigenvalue weighted by Crippen LogP contribution is 2.37. The molecule has 5 heteroatoms. The topological polar surface area (TPSA) is 73.6 Å². The van der Waals surface area contributed by atoms with Crippen molar-refractivity contribution in [1.82, 2.24) is 5.32 Å². The van der Waals surface area contributed by atoms with E-state index in [9.17, 15) is 4.79 Å². The third-order valence-corrected chi connectivity index (χ3v) is 4.27. The molecule has 1 amide bonds. The Morgan fingerprint density at radius 2 is 2.40 bits per heavy atom. The predicted octanol–water partition coefficient (Wildman–Crippen LogP) is 0.468. The van der Waals surface area contributed by atoms with Crippen molar-refractivity contribution >= 4 is 5.91 Å². The third-order valence-electron chi connectivity index (χ3n) is 4.27. The number of rotatable bonds is 4. The molecule has 1 aliphatic carbocycles. The van der Waals surface area contributed by atoms with Gasteiger partial charge < -0.3 is 20.5 Å². The average molecular weight is 276 g/mol. The summed E-state index contributed by atoms with van der Waals surface area (Å²) in [5.41, 5.74) is 7.01. The lowest BCUT2D eigenvalue weighted by Crippen LogP contribution is -2.69. The second-order valence-electron chi connectivity index (χ2n) is 5.49. The Kier molecular flexibility index (Phi) is 3.63. The summed E-state index contributed by atoms with van der Waals surface area (Å²) < 4.78 is 10.8. The predicted molar refractivity (Wildman–Crippen MR) is 74.5 cm³/mol. The van der Waals surface area contributed by atoms with Gasteiger partial charge in [-0.05, 0) is 24.1 Å². The molecule has 1 aromatic rings. The fourth-order valence-electron chi connectivity index (χ4n) is 3.13. The minimum atomic E-state index is -0.0411. The van der Waals surface area contributed by atoms with Crippen molar-refractivity contribution in [2.24, 2.45) is 11.7 Å². The van der Waals surface area contributed by atoms with Gasteiger partial charge in [0.25, 0.3) is 0 Å². The van der Waals surface area contributed by atoms with Crippen LogP contribution in [-0.4, -0.2) is 37.8 Å². The van der Waals surface area contributed by atoms with Crippen LogP contribution in [0.2, 0.25) is 0 Å². The number of methoxy groups -OCH3 is 1. The van der Waals surface area contributed by atoms with Crippen LogP contribution in [-0.2, 0) is 16.0 Å². The lowest BCUT2D eigenvalue weighted by atomic mass is 9.72. The Morgan fingerprint density at radius 1 is 1.55 bits per heavy atom. The largest absolute Gasteiger partial charge is 0.497 e. The Bertz CT molecular complexity index is 506. The van der Waals surface area contributed by atoms with Gasteiger partial charge in [-0.15, -0.1) is 0 Å². The number of ether oxygens (including phenoxy) is 2. The summed E-state index contributed by atoms with van der Waals surface area (Å²) in [6, 6.07) is 7.51. The molecular formula is C15H20N2O3. The van der Waals surface area contributed by atoms with E-state index in [1.807, 2.05) is 24.3 Å². The summed E-state index contributed by atoms with van der Waals surface area (Å²) in [6.45, 7) is 0.755. The molecule has 4 atom stereocenters. The van der Waals surface area contributed by atoms with Crippen molar-refractivity contribution in [3.63, 3.8) is 0 Å². The molecule has 1 aromatic carbocycles. The highest BCUT2D eigenvalue weighted by atomic mass is 16.5. The molecule has 2 fully saturated rings. The number of fused-ring (bicyclic) bond motifs is 1. The van der Waals surface area contributed by atoms with E-state index in [4.69, 9.17) is 15.2 Å². The maximum atomic E-state index is 12.1. The Labute approximate surface area is 118 Å². The fourth-order valence-corrected chi connectivity index (χ4v) is 3.13. The van der Waals surface area contributed by atoms with E-state index in [1.54, 1.807) is 7.11 Å². The third kappa shape index (κ3) is 2.39. The Hall–Kier alpha value is -1.59. The van der Waals surface area contributed by atoms with Gasteiger partial charge in [0.2, 0.25) is 5.91 Å². The van der Waals surface area contributed by atoms with Crippen LogP contribution in [0.3, 0.4) is 0 Å². The zero-order valence-corrected chi connectivity index (χ0v) is 11.5. The molecule has 0 radical (unpaired) electrons. The van der Waals surface area contributed by atoms with Crippen LogP contribution in [0.5, 0.6) is 5.75 Å². The quantitative estimate of drug-likeness (QED) is 0.838. The van der Waals surface area contributed by atoms with Gasteiger partial charge in [-0.3, -0.25) is 4.79 Å². The highest BCUT2D eigenvalue weighted by molar-refractivity contribution is 5.79. The van der Waals surface area contributed by atoms with Crippen LogP contribution < -0.4 is 15.8 Å². The molecule has 0 aromatic heterocycles. The lowest BCUT2D eigenvalue weighted by molar-refractivity contribution is -0.125. The molecule has 0 bridgehead atoms. The normalized spacial score (nSPS) is 31.3. The highest BCUT2D eigenvalue weighted by Gasteiger charge is 2.52. The summed E-state index contributed by atoms with van der Waals surface area (Å²) in [6.07, 6.45) is 1.45. The second kappa shape index (κ2) is 5.42. The molecule has 4 unspecified atom stereocenters. The number of benzene rings is 1. The minimum absolute atomic E-state index is 0.0207. The van der Waals surface area contributed by atoms with Crippen molar-refractivity contribution in [1.29, 1.82) is 0 Å². The van der Waals surface area contributed by atoms with Gasteiger partial charge in [0.1, 0.15) is 5.75 Å². The molecular weight excluding hydrogens is 256 g/mol. The summed E-state index contributed by atoms with van der Waals surface area (Å²) >= 11 is 0. The first kappa shape index (κ1) is 13.4. The van der Waals surface area contributed by atoms with Gasteiger partial charge in [0, 0.05) is 18.6 Å². The van der Waals surface area contributed by atoms with Crippen LogP contribution >= 0.6 is 0 Å². The molecule has 5 nitrogen and oxygen atoms in total. The molecule has 108 valence electrons. The van der Waals surface area contributed by atoms with Crippen molar-refractivity contribution < 1.29 is 14.3 Å². The van der Waals surface area contributed by atoms with E-state index in [2.05, 4.69) is 5.32 Å². The van der Waals surface area contributed by atoms with Crippen molar-refractivity contribution in [2.45, 2.75) is 31.0 Å². The lowest BCUT2D eigenvalue weighted by Gasteiger charge is -2.45. The van der Waals surface area contributed by atoms with E-state index in [0.717, 1.165) is 24.3 Å². The first-order valence-electron chi connectivity index (χ1n) is 6.98. The van der Waals surface area contributed by atoms with Gasteiger partial charge >= 0.3 is 0 Å². The van der Waals surface area contributed by atoms with Crippen molar-refractivity contribution in [2.75, 3.05) is 13.7 Å². The van der Waals surface area contributed by atoms with Gasteiger partial charge in [-0.25, -0.2) is 0 Å². The van der Waals surface area contributed by atoms with Crippen molar-refractivity contribution in [3.8, 4) is 5.75 Å². The number of hydrogen-bond donors (Lipinski definition) is 2. The van der Waals surface area contributed by atoms with Gasteiger partial charge in [0.15, 0.2) is 0 Å². The molecule has 3 N–H and O–H groups in total. The summed E-state index contributed by atoms with van der Waals surface area (Å²) in [4.78, 5) is 12.1. The summed E-state index contributed by atoms with van der Waals surface area (Å²) in [5.74, 6) is 1.15. The average Bonchev–Trinajstić information content (AvgIpc) is 2.90. The monoisotopic (exact) mass is 276 g/mol. The number of carbonyl (C=O) groups is 1. The van der Waals surface area contributed by atoms with E-state index >= 15 is 0 Å². The standard InChI is InChI=1S/C15H20N2O3/c1-19-10-4-2-3-9(7-10)8-12(18)17-14-13(16)11-5-6-20-15(11)14/h2-4,7,11,13-15H,5-6,8,16H2,1H3,(H,17,18). The van der Waals surface area contributed by atoms with E-state index in [0.29, 0.717) is 12.3 Å². The minimum Gasteiger partial charge on any atom is -0.497 e. The van der Waals surface area contributed by atoms with Gasteiger partial charge in [-0.1, -0.05) is 12.1 Å². The van der Waals surface area contributed by atoms with E-state index in [1.165, 1.54) is 0 Å². The SMILES string of the molecule is COc1cccc(CC(=O)NC2C(N)C3CCOC32)c1. The second-order valence-corrected chi connectivity index (χ2v) is 5.49. The Balaban J connectivity index is 1.57. The van der Waals surface area contributed by atoms with Crippen LogP contribution in [0, 0.1) is 5.92 Å². The molecule has 3 rings (SSSR count). The zero-order valence-electron chi connectivity index (χ0n) is 11.5. The molecule has 1 saturated carbocycles.